The van der Waals surface area contributed by atoms with Gasteiger partial charge in [-0.05, 0) is 25.7 Å². The van der Waals surface area contributed by atoms with Gasteiger partial charge in [0.1, 0.15) is 5.82 Å². The maximum Gasteiger partial charge on any atom is 0.239 e. The number of nitrogens with one attached hydrogen (secondary N) is 1. The van der Waals surface area contributed by atoms with E-state index in [1.165, 1.54) is 19.4 Å². The minimum atomic E-state index is 0.487. The first-order chi connectivity index (χ1) is 9.26. The van der Waals surface area contributed by atoms with E-state index < -0.39 is 0 Å². The summed E-state index contributed by atoms with van der Waals surface area (Å²) >= 11 is 0. The molecule has 0 radical (unpaired) electrons. The highest BCUT2D eigenvalue weighted by Crippen LogP contribution is 2.30. The molecule has 0 aromatic carbocycles. The molecular formula is C13H22N6. The first-order valence-corrected chi connectivity index (χ1v) is 7.04. The summed E-state index contributed by atoms with van der Waals surface area (Å²) in [6.45, 7) is 7.66. The van der Waals surface area contributed by atoms with Crippen molar-refractivity contribution in [3.63, 3.8) is 0 Å². The molecule has 1 saturated heterocycles. The van der Waals surface area contributed by atoms with Crippen LogP contribution in [0.2, 0.25) is 0 Å². The van der Waals surface area contributed by atoms with Gasteiger partial charge in [0.2, 0.25) is 5.95 Å². The van der Waals surface area contributed by atoms with Gasteiger partial charge in [0.25, 0.3) is 0 Å². The molecule has 0 unspecified atom stereocenters. The van der Waals surface area contributed by atoms with Crippen LogP contribution in [0.4, 0.5) is 11.8 Å². The van der Waals surface area contributed by atoms with E-state index in [2.05, 4.69) is 25.2 Å². The van der Waals surface area contributed by atoms with Crippen LogP contribution < -0.4 is 16.2 Å². The lowest BCUT2D eigenvalue weighted by atomic mass is 10.2. The fourth-order valence-electron chi connectivity index (χ4n) is 2.63. The first-order valence-electron chi connectivity index (χ1n) is 7.04. The number of aromatic nitrogens is 2. The number of hydrazine groups is 1. The Morgan fingerprint density at radius 1 is 1.32 bits per heavy atom. The average Bonchev–Trinajstić information content (AvgIpc) is 3.24. The first kappa shape index (κ1) is 12.6. The molecule has 19 heavy (non-hydrogen) atoms. The fraction of sp³-hybridized carbons (Fsp3) is 0.692. The zero-order valence-corrected chi connectivity index (χ0v) is 11.5. The normalized spacial score (nSPS) is 20.6. The van der Waals surface area contributed by atoms with Crippen LogP contribution in [0.5, 0.6) is 0 Å². The van der Waals surface area contributed by atoms with Gasteiger partial charge in [-0.2, -0.15) is 4.98 Å². The molecule has 6 heteroatoms. The molecule has 3 N–H and O–H groups in total. The summed E-state index contributed by atoms with van der Waals surface area (Å²) in [5.41, 5.74) is 3.62. The molecule has 6 nitrogen and oxygen atoms in total. The molecule has 3 rings (SSSR count). The van der Waals surface area contributed by atoms with Crippen LogP contribution in [-0.2, 0) is 0 Å². The van der Waals surface area contributed by atoms with Crippen molar-refractivity contribution in [2.75, 3.05) is 43.0 Å². The Morgan fingerprint density at radius 3 is 2.68 bits per heavy atom. The van der Waals surface area contributed by atoms with Gasteiger partial charge in [-0.1, -0.05) is 0 Å². The molecular weight excluding hydrogens is 240 g/mol. The number of nitrogens with two attached hydrogens (primary N) is 1. The van der Waals surface area contributed by atoms with Crippen molar-refractivity contribution in [1.29, 1.82) is 0 Å². The predicted molar refractivity (Wildman–Crippen MR) is 76.0 cm³/mol. The van der Waals surface area contributed by atoms with Crippen LogP contribution in [0.1, 0.15) is 18.4 Å². The highest BCUT2D eigenvalue weighted by molar-refractivity contribution is 5.49. The molecule has 1 aliphatic carbocycles. The topological polar surface area (TPSA) is 70.3 Å². The standard InChI is InChI=1S/C13H22N6/c1-10-8-15-13(17-14)16-12(10)19-6-4-18(5-7-19)9-11-2-3-11/h8,11H,2-7,9,14H2,1H3,(H,15,16,17). The number of rotatable bonds is 4. The third-order valence-corrected chi connectivity index (χ3v) is 3.96. The molecule has 0 amide bonds. The number of nitrogen functional groups attached to an aromatic ring is 1. The molecule has 0 bridgehead atoms. The molecule has 2 fully saturated rings. The number of hydrogen-bond donors (Lipinski definition) is 2. The van der Waals surface area contributed by atoms with E-state index in [0.717, 1.165) is 43.5 Å². The molecule has 1 saturated carbocycles. The molecule has 0 atom stereocenters. The fourth-order valence-corrected chi connectivity index (χ4v) is 2.63. The highest BCUT2D eigenvalue weighted by Gasteiger charge is 2.27. The van der Waals surface area contributed by atoms with E-state index in [-0.39, 0.29) is 0 Å². The summed E-state index contributed by atoms with van der Waals surface area (Å²) in [6.07, 6.45) is 4.68. The lowest BCUT2D eigenvalue weighted by Crippen LogP contribution is -2.47. The van der Waals surface area contributed by atoms with Gasteiger partial charge in [0.05, 0.1) is 0 Å². The van der Waals surface area contributed by atoms with Crippen molar-refractivity contribution in [2.45, 2.75) is 19.8 Å². The lowest BCUT2D eigenvalue weighted by Gasteiger charge is -2.36. The Balaban J connectivity index is 1.63. The van der Waals surface area contributed by atoms with Crippen LogP contribution in [0.15, 0.2) is 6.20 Å². The minimum absolute atomic E-state index is 0.487. The molecule has 2 heterocycles. The summed E-state index contributed by atoms with van der Waals surface area (Å²) in [5, 5.41) is 0. The van der Waals surface area contributed by atoms with E-state index in [1.54, 1.807) is 0 Å². The van der Waals surface area contributed by atoms with Crippen molar-refractivity contribution < 1.29 is 0 Å². The van der Waals surface area contributed by atoms with Gasteiger partial charge < -0.3 is 4.90 Å². The van der Waals surface area contributed by atoms with Crippen molar-refractivity contribution in [3.8, 4) is 0 Å². The molecule has 104 valence electrons. The van der Waals surface area contributed by atoms with Crippen molar-refractivity contribution in [1.82, 2.24) is 14.9 Å². The second kappa shape index (κ2) is 5.30. The quantitative estimate of drug-likeness (QED) is 0.612. The third kappa shape index (κ3) is 2.96. The molecule has 1 aromatic rings. The van der Waals surface area contributed by atoms with Crippen molar-refractivity contribution in [2.24, 2.45) is 11.8 Å². The Labute approximate surface area is 114 Å². The van der Waals surface area contributed by atoms with Crippen molar-refractivity contribution >= 4 is 11.8 Å². The summed E-state index contributed by atoms with van der Waals surface area (Å²) < 4.78 is 0. The molecule has 1 aliphatic heterocycles. The zero-order valence-electron chi connectivity index (χ0n) is 11.5. The van der Waals surface area contributed by atoms with Crippen LogP contribution in [0, 0.1) is 12.8 Å². The Bertz CT molecular complexity index is 437. The maximum atomic E-state index is 5.38. The van der Waals surface area contributed by atoms with Gasteiger partial charge in [-0.25, -0.2) is 10.8 Å². The maximum absolute atomic E-state index is 5.38. The third-order valence-electron chi connectivity index (χ3n) is 3.96. The summed E-state index contributed by atoms with van der Waals surface area (Å²) in [5.74, 6) is 7.85. The lowest BCUT2D eigenvalue weighted by molar-refractivity contribution is 0.247. The van der Waals surface area contributed by atoms with Crippen LogP contribution >= 0.6 is 0 Å². The second-order valence-corrected chi connectivity index (χ2v) is 5.58. The Morgan fingerprint density at radius 2 is 2.05 bits per heavy atom. The van der Waals surface area contributed by atoms with Gasteiger partial charge in [-0.15, -0.1) is 0 Å². The van der Waals surface area contributed by atoms with E-state index in [0.29, 0.717) is 5.95 Å². The Kier molecular flexibility index (Phi) is 3.52. The second-order valence-electron chi connectivity index (χ2n) is 5.58. The average molecular weight is 262 g/mol. The highest BCUT2D eigenvalue weighted by atomic mass is 15.3. The van der Waals surface area contributed by atoms with Crippen molar-refractivity contribution in [3.05, 3.63) is 11.8 Å². The number of hydrogen-bond acceptors (Lipinski definition) is 6. The smallest absolute Gasteiger partial charge is 0.239 e. The van der Waals surface area contributed by atoms with E-state index in [4.69, 9.17) is 5.84 Å². The van der Waals surface area contributed by atoms with E-state index in [9.17, 15) is 0 Å². The van der Waals surface area contributed by atoms with Gasteiger partial charge in [-0.3, -0.25) is 10.3 Å². The zero-order chi connectivity index (χ0) is 13.2. The number of anilines is 2. The monoisotopic (exact) mass is 262 g/mol. The van der Waals surface area contributed by atoms with Crippen LogP contribution in [0.25, 0.3) is 0 Å². The summed E-state index contributed by atoms with van der Waals surface area (Å²) in [4.78, 5) is 13.5. The van der Waals surface area contributed by atoms with E-state index >= 15 is 0 Å². The molecule has 2 aliphatic rings. The molecule has 0 spiro atoms. The minimum Gasteiger partial charge on any atom is -0.354 e. The van der Waals surface area contributed by atoms with E-state index in [1.807, 2.05) is 13.1 Å². The number of aryl methyl sites for hydroxylation is 1. The largest absolute Gasteiger partial charge is 0.354 e. The number of piperazine rings is 1. The van der Waals surface area contributed by atoms with Crippen LogP contribution in [-0.4, -0.2) is 47.6 Å². The number of nitrogens with zero attached hydrogens (tertiary/aromatic N) is 4. The SMILES string of the molecule is Cc1cnc(NN)nc1N1CCN(CC2CC2)CC1. The molecule has 1 aromatic heterocycles. The van der Waals surface area contributed by atoms with Gasteiger partial charge in [0, 0.05) is 44.5 Å². The van der Waals surface area contributed by atoms with Crippen LogP contribution in [0.3, 0.4) is 0 Å². The van der Waals surface area contributed by atoms with Gasteiger partial charge in [0.15, 0.2) is 0 Å². The predicted octanol–water partition coefficient (Wildman–Crippen LogP) is 0.603. The Hall–Kier alpha value is -1.40. The summed E-state index contributed by atoms with van der Waals surface area (Å²) in [6, 6.07) is 0. The summed E-state index contributed by atoms with van der Waals surface area (Å²) in [7, 11) is 0. The van der Waals surface area contributed by atoms with Gasteiger partial charge >= 0.3 is 0 Å².